The van der Waals surface area contributed by atoms with Crippen LogP contribution in [0.2, 0.25) is 0 Å². The molecule has 0 radical (unpaired) electrons. The van der Waals surface area contributed by atoms with Crippen molar-refractivity contribution >= 4 is 31.1 Å². The molecule has 0 aromatic heterocycles. The van der Waals surface area contributed by atoms with Gasteiger partial charge in [0.2, 0.25) is 0 Å². The predicted molar refractivity (Wildman–Crippen MR) is 103 cm³/mol. The number of anilines is 2. The molecule has 1 atom stereocenters. The lowest BCUT2D eigenvalue weighted by Crippen LogP contribution is -2.48. The molecular weight excluding hydrogens is 442 g/mol. The normalized spacial score (nSPS) is 19.9. The highest BCUT2D eigenvalue weighted by Gasteiger charge is 2.58. The molecule has 0 spiro atoms. The van der Waals surface area contributed by atoms with Gasteiger partial charge in [-0.1, -0.05) is 30.3 Å². The van der Waals surface area contributed by atoms with Crippen molar-refractivity contribution in [3.63, 3.8) is 0 Å². The summed E-state index contributed by atoms with van der Waals surface area (Å²) >= 11 is 0. The molecule has 1 aliphatic heterocycles. The fourth-order valence-electron chi connectivity index (χ4n) is 3.34. The summed E-state index contributed by atoms with van der Waals surface area (Å²) in [6.07, 6.45) is -4.84. The number of rotatable bonds is 5. The van der Waals surface area contributed by atoms with Gasteiger partial charge >= 0.3 is 20.0 Å². The van der Waals surface area contributed by atoms with E-state index in [4.69, 9.17) is 15.5 Å². The number of carbonyl (C=O) groups is 2. The van der Waals surface area contributed by atoms with Crippen LogP contribution in [0.15, 0.2) is 48.5 Å². The van der Waals surface area contributed by atoms with Gasteiger partial charge in [-0.3, -0.25) is 9.32 Å². The maximum Gasteiger partial charge on any atom is 0.469 e. The minimum atomic E-state index is -5.06. The first-order chi connectivity index (χ1) is 14.3. The number of imide groups is 1. The van der Waals surface area contributed by atoms with Crippen LogP contribution >= 0.6 is 7.82 Å². The topological polar surface area (TPSA) is 133 Å². The van der Waals surface area contributed by atoms with Crippen molar-refractivity contribution in [3.05, 3.63) is 59.7 Å². The Bertz CT molecular complexity index is 1070. The standard InChI is InChI=1S/C18H17F3N3O6P/c1-23-16(26)24(12-7-8-14(22)13(9-12)18(19,20)21)15(25)17(23,10-30-31(27,28)29)11-5-3-2-4-6-11/h2-9H,10,22H2,1H3,(H2,27,28,29). The maximum atomic E-state index is 13.4. The van der Waals surface area contributed by atoms with E-state index >= 15 is 0 Å². The number of alkyl halides is 3. The van der Waals surface area contributed by atoms with Gasteiger partial charge < -0.3 is 20.4 Å². The molecule has 0 bridgehead atoms. The van der Waals surface area contributed by atoms with Crippen molar-refractivity contribution in [2.24, 2.45) is 0 Å². The van der Waals surface area contributed by atoms with Crippen LogP contribution < -0.4 is 10.6 Å². The summed E-state index contributed by atoms with van der Waals surface area (Å²) in [5.74, 6) is -1.04. The fourth-order valence-corrected chi connectivity index (χ4v) is 3.69. The van der Waals surface area contributed by atoms with Crippen molar-refractivity contribution in [2.45, 2.75) is 11.7 Å². The molecule has 1 aliphatic rings. The Morgan fingerprint density at radius 3 is 2.29 bits per heavy atom. The third-order valence-corrected chi connectivity index (χ3v) is 5.37. The summed E-state index contributed by atoms with van der Waals surface area (Å²) in [5, 5.41) is 0. The number of halogens is 3. The van der Waals surface area contributed by atoms with Gasteiger partial charge in [-0.15, -0.1) is 0 Å². The second-order valence-corrected chi connectivity index (χ2v) is 7.98. The molecule has 166 valence electrons. The molecular formula is C18H17F3N3O6P. The lowest BCUT2D eigenvalue weighted by Gasteiger charge is -2.32. The van der Waals surface area contributed by atoms with Crippen LogP contribution in [0.5, 0.6) is 0 Å². The van der Waals surface area contributed by atoms with E-state index in [9.17, 15) is 27.3 Å². The number of carbonyl (C=O) groups excluding carboxylic acids is 2. The predicted octanol–water partition coefficient (Wildman–Crippen LogP) is 2.69. The Labute approximate surface area is 174 Å². The lowest BCUT2D eigenvalue weighted by molar-refractivity contribution is -0.137. The van der Waals surface area contributed by atoms with Gasteiger partial charge in [-0.2, -0.15) is 13.2 Å². The number of phosphoric ester groups is 1. The quantitative estimate of drug-likeness (QED) is 0.356. The highest BCUT2D eigenvalue weighted by molar-refractivity contribution is 7.46. The van der Waals surface area contributed by atoms with Crippen LogP contribution in [0, 0.1) is 0 Å². The van der Waals surface area contributed by atoms with Crippen molar-refractivity contribution in [3.8, 4) is 0 Å². The van der Waals surface area contributed by atoms with Crippen LogP contribution in [-0.4, -0.2) is 40.3 Å². The number of likely N-dealkylation sites (N-methyl/N-ethyl adjacent to an activating group) is 1. The summed E-state index contributed by atoms with van der Waals surface area (Å²) in [6, 6.07) is 9.03. The maximum absolute atomic E-state index is 13.4. The number of nitrogens with two attached hydrogens (primary N) is 1. The van der Waals surface area contributed by atoms with E-state index in [-0.39, 0.29) is 5.56 Å². The smallest absolute Gasteiger partial charge is 0.398 e. The van der Waals surface area contributed by atoms with Crippen LogP contribution in [0.3, 0.4) is 0 Å². The zero-order valence-electron chi connectivity index (χ0n) is 15.9. The van der Waals surface area contributed by atoms with Crippen molar-refractivity contribution in [1.29, 1.82) is 0 Å². The number of nitrogens with zero attached hydrogens (tertiary/aromatic N) is 2. The molecule has 0 saturated carbocycles. The molecule has 1 unspecified atom stereocenters. The Kier molecular flexibility index (Phi) is 5.61. The second kappa shape index (κ2) is 7.65. The Hall–Kier alpha value is -2.92. The molecule has 31 heavy (non-hydrogen) atoms. The minimum absolute atomic E-state index is 0.151. The first-order valence-electron chi connectivity index (χ1n) is 8.64. The molecule has 1 heterocycles. The average molecular weight is 459 g/mol. The van der Waals surface area contributed by atoms with Crippen molar-refractivity contribution in [1.82, 2.24) is 4.90 Å². The van der Waals surface area contributed by atoms with Gasteiger partial charge in [0.1, 0.15) is 0 Å². The van der Waals surface area contributed by atoms with Crippen molar-refractivity contribution < 1.29 is 41.6 Å². The average Bonchev–Trinajstić information content (AvgIpc) is 2.87. The summed E-state index contributed by atoms with van der Waals surface area (Å²) in [5.41, 5.74) is 1.27. The summed E-state index contributed by atoms with van der Waals surface area (Å²) in [7, 11) is -3.88. The fraction of sp³-hybridized carbons (Fsp3) is 0.222. The molecule has 3 amide bonds. The summed E-state index contributed by atoms with van der Waals surface area (Å²) in [4.78, 5) is 46.0. The lowest BCUT2D eigenvalue weighted by atomic mass is 9.89. The van der Waals surface area contributed by atoms with E-state index in [0.29, 0.717) is 11.0 Å². The Balaban J connectivity index is 2.16. The number of benzene rings is 2. The Morgan fingerprint density at radius 2 is 1.74 bits per heavy atom. The number of urea groups is 1. The first-order valence-corrected chi connectivity index (χ1v) is 10.2. The number of nitrogen functional groups attached to an aromatic ring is 1. The van der Waals surface area contributed by atoms with Crippen LogP contribution in [-0.2, 0) is 25.6 Å². The molecule has 4 N–H and O–H groups in total. The van der Waals surface area contributed by atoms with E-state index in [2.05, 4.69) is 4.52 Å². The van der Waals surface area contributed by atoms with Gasteiger partial charge in [-0.05, 0) is 23.8 Å². The highest BCUT2D eigenvalue weighted by Crippen LogP contribution is 2.45. The van der Waals surface area contributed by atoms with Crippen molar-refractivity contribution in [2.75, 3.05) is 24.3 Å². The van der Waals surface area contributed by atoms with E-state index < -0.39 is 55.0 Å². The van der Waals surface area contributed by atoms with Gasteiger partial charge in [0.25, 0.3) is 5.91 Å². The number of hydrogen-bond donors (Lipinski definition) is 3. The van der Waals surface area contributed by atoms with Crippen LogP contribution in [0.4, 0.5) is 29.3 Å². The largest absolute Gasteiger partial charge is 0.469 e. The third-order valence-electron chi connectivity index (χ3n) is 4.90. The van der Waals surface area contributed by atoms with Gasteiger partial charge in [-0.25, -0.2) is 14.3 Å². The number of hydrogen-bond acceptors (Lipinski definition) is 5. The van der Waals surface area contributed by atoms with Gasteiger partial charge in [0.15, 0.2) is 5.54 Å². The van der Waals surface area contributed by atoms with Gasteiger partial charge in [0.05, 0.1) is 17.9 Å². The van der Waals surface area contributed by atoms with Gasteiger partial charge in [0, 0.05) is 12.7 Å². The highest BCUT2D eigenvalue weighted by atomic mass is 31.2. The third kappa shape index (κ3) is 4.02. The molecule has 0 aliphatic carbocycles. The monoisotopic (exact) mass is 459 g/mol. The van der Waals surface area contributed by atoms with E-state index in [1.165, 1.54) is 31.3 Å². The van der Waals surface area contributed by atoms with Crippen LogP contribution in [0.1, 0.15) is 11.1 Å². The first kappa shape index (κ1) is 22.8. The molecule has 3 rings (SSSR count). The van der Waals surface area contributed by atoms with Crippen LogP contribution in [0.25, 0.3) is 0 Å². The van der Waals surface area contributed by atoms with E-state index in [1.807, 2.05) is 0 Å². The number of phosphoric acid groups is 1. The molecule has 1 fully saturated rings. The van der Waals surface area contributed by atoms with E-state index in [1.54, 1.807) is 6.07 Å². The second-order valence-electron chi connectivity index (χ2n) is 6.74. The minimum Gasteiger partial charge on any atom is -0.398 e. The molecule has 1 saturated heterocycles. The summed E-state index contributed by atoms with van der Waals surface area (Å²) < 4.78 is 55.7. The zero-order chi connectivity index (χ0) is 23.2. The molecule has 9 nitrogen and oxygen atoms in total. The van der Waals surface area contributed by atoms with E-state index in [0.717, 1.165) is 17.0 Å². The zero-order valence-corrected chi connectivity index (χ0v) is 16.8. The Morgan fingerprint density at radius 1 is 1.13 bits per heavy atom. The SMILES string of the molecule is CN1C(=O)N(c2ccc(N)c(C(F)(F)F)c2)C(=O)C1(COP(=O)(O)O)c1ccccc1. The molecule has 13 heteroatoms. The number of amides is 3. The summed E-state index contributed by atoms with van der Waals surface area (Å²) in [6.45, 7) is -0.931. The molecule has 2 aromatic rings. The molecule has 2 aromatic carbocycles.